The van der Waals surface area contributed by atoms with E-state index in [1.165, 1.54) is 27.7 Å². The number of aryl methyl sites for hydroxylation is 2. The molecule has 0 radical (unpaired) electrons. The van der Waals surface area contributed by atoms with Crippen LogP contribution in [0.4, 0.5) is 0 Å². The summed E-state index contributed by atoms with van der Waals surface area (Å²) in [4.78, 5) is 0. The van der Waals surface area contributed by atoms with Crippen LogP contribution in [0.3, 0.4) is 0 Å². The number of benzene rings is 1. The Morgan fingerprint density at radius 2 is 2.17 bits per heavy atom. The monoisotopic (exact) mass is 244 g/mol. The van der Waals surface area contributed by atoms with Crippen LogP contribution in [-0.4, -0.2) is 18.2 Å². The molecule has 0 spiro atoms. The van der Waals surface area contributed by atoms with Crippen LogP contribution >= 0.6 is 0 Å². The quantitative estimate of drug-likeness (QED) is 0.834. The zero-order chi connectivity index (χ0) is 12.9. The largest absolute Gasteiger partial charge is 0.495 e. The van der Waals surface area contributed by atoms with Gasteiger partial charge in [-0.1, -0.05) is 13.0 Å². The number of methoxy groups -OCH3 is 1. The topological polar surface area (TPSA) is 26.2 Å². The Hall–Kier alpha value is -1.48. The number of fused-ring (bicyclic) bond motifs is 3. The third kappa shape index (κ3) is 1.40. The molecule has 0 fully saturated rings. The molecule has 1 aliphatic rings. The van der Waals surface area contributed by atoms with Gasteiger partial charge in [0, 0.05) is 31.2 Å². The van der Waals surface area contributed by atoms with E-state index in [0.29, 0.717) is 5.92 Å². The Balaban J connectivity index is 2.46. The number of nitrogens with zero attached hydrogens (tertiary/aromatic N) is 1. The smallest absolute Gasteiger partial charge is 0.143 e. The van der Waals surface area contributed by atoms with Crippen molar-refractivity contribution in [3.63, 3.8) is 0 Å². The van der Waals surface area contributed by atoms with Crippen molar-refractivity contribution in [2.24, 2.45) is 7.05 Å². The Morgan fingerprint density at radius 3 is 2.89 bits per heavy atom. The lowest BCUT2D eigenvalue weighted by molar-refractivity contribution is 0.417. The number of ether oxygens (including phenoxy) is 1. The average Bonchev–Trinajstić information content (AvgIpc) is 2.67. The second-order valence-corrected chi connectivity index (χ2v) is 5.26. The van der Waals surface area contributed by atoms with Gasteiger partial charge in [-0.15, -0.1) is 0 Å². The molecule has 0 amide bonds. The van der Waals surface area contributed by atoms with Gasteiger partial charge >= 0.3 is 0 Å². The van der Waals surface area contributed by atoms with Gasteiger partial charge in [0.05, 0.1) is 12.6 Å². The van der Waals surface area contributed by atoms with Gasteiger partial charge in [0.2, 0.25) is 0 Å². The molecule has 0 saturated carbocycles. The van der Waals surface area contributed by atoms with Crippen LogP contribution < -0.4 is 10.1 Å². The van der Waals surface area contributed by atoms with Gasteiger partial charge in [0.1, 0.15) is 5.75 Å². The number of rotatable bonds is 1. The second kappa shape index (κ2) is 4.02. The second-order valence-electron chi connectivity index (χ2n) is 5.26. The summed E-state index contributed by atoms with van der Waals surface area (Å²) >= 11 is 0. The van der Waals surface area contributed by atoms with Gasteiger partial charge in [0.15, 0.2) is 0 Å². The Labute approximate surface area is 108 Å². The molecule has 0 aliphatic carbocycles. The van der Waals surface area contributed by atoms with E-state index in [0.717, 1.165) is 18.8 Å². The molecule has 96 valence electrons. The van der Waals surface area contributed by atoms with Crippen LogP contribution in [0.2, 0.25) is 0 Å². The van der Waals surface area contributed by atoms with Gasteiger partial charge in [-0.2, -0.15) is 0 Å². The Morgan fingerprint density at radius 1 is 1.39 bits per heavy atom. The molecule has 2 aromatic rings. The van der Waals surface area contributed by atoms with Crippen molar-refractivity contribution in [2.45, 2.75) is 26.3 Å². The summed E-state index contributed by atoms with van der Waals surface area (Å²) < 4.78 is 7.83. The number of nitrogens with one attached hydrogen (secondary N) is 1. The van der Waals surface area contributed by atoms with E-state index in [9.17, 15) is 0 Å². The summed E-state index contributed by atoms with van der Waals surface area (Å²) in [6, 6.07) is 4.23. The molecule has 1 aromatic carbocycles. The molecular formula is C15H20N2O. The van der Waals surface area contributed by atoms with Gasteiger partial charge < -0.3 is 14.6 Å². The van der Waals surface area contributed by atoms with Crippen molar-refractivity contribution in [3.8, 4) is 5.75 Å². The summed E-state index contributed by atoms with van der Waals surface area (Å²) in [7, 11) is 3.89. The standard InChI is InChI=1S/C15H20N2O/c1-9-5-6-12(18-4)15-14(9)13-10(2)7-16-8-11(13)17(15)3/h5-6,10,16H,7-8H2,1-4H3. The predicted molar refractivity (Wildman–Crippen MR) is 74.3 cm³/mol. The van der Waals surface area contributed by atoms with Gasteiger partial charge in [-0.25, -0.2) is 0 Å². The summed E-state index contributed by atoms with van der Waals surface area (Å²) in [5.74, 6) is 1.53. The summed E-state index contributed by atoms with van der Waals surface area (Å²) in [6.07, 6.45) is 0. The Bertz CT molecular complexity index is 613. The van der Waals surface area contributed by atoms with Crippen LogP contribution in [0.15, 0.2) is 12.1 Å². The average molecular weight is 244 g/mol. The van der Waals surface area contributed by atoms with Crippen LogP contribution in [0.25, 0.3) is 10.9 Å². The van der Waals surface area contributed by atoms with Crippen molar-refractivity contribution in [3.05, 3.63) is 29.0 Å². The van der Waals surface area contributed by atoms with Crippen molar-refractivity contribution in [2.75, 3.05) is 13.7 Å². The highest BCUT2D eigenvalue weighted by molar-refractivity contribution is 5.93. The zero-order valence-electron chi connectivity index (χ0n) is 11.5. The number of aromatic nitrogens is 1. The molecule has 1 aromatic heterocycles. The van der Waals surface area contributed by atoms with Crippen molar-refractivity contribution < 1.29 is 4.74 Å². The van der Waals surface area contributed by atoms with Crippen molar-refractivity contribution in [1.29, 1.82) is 0 Å². The molecule has 3 nitrogen and oxygen atoms in total. The fraction of sp³-hybridized carbons (Fsp3) is 0.467. The SMILES string of the molecule is COc1ccc(C)c2c3c(n(C)c12)CNCC3C. The van der Waals surface area contributed by atoms with E-state index in [1.54, 1.807) is 7.11 Å². The van der Waals surface area contributed by atoms with E-state index >= 15 is 0 Å². The first-order valence-electron chi connectivity index (χ1n) is 6.50. The molecular weight excluding hydrogens is 224 g/mol. The first-order valence-corrected chi connectivity index (χ1v) is 6.50. The van der Waals surface area contributed by atoms with E-state index in [4.69, 9.17) is 4.74 Å². The van der Waals surface area contributed by atoms with E-state index in [1.807, 2.05) is 0 Å². The van der Waals surface area contributed by atoms with Crippen LogP contribution in [0, 0.1) is 6.92 Å². The highest BCUT2D eigenvalue weighted by atomic mass is 16.5. The summed E-state index contributed by atoms with van der Waals surface area (Å²) in [5, 5.41) is 4.88. The molecule has 1 unspecified atom stereocenters. The maximum absolute atomic E-state index is 5.54. The van der Waals surface area contributed by atoms with E-state index < -0.39 is 0 Å². The van der Waals surface area contributed by atoms with Crippen LogP contribution in [-0.2, 0) is 13.6 Å². The third-order valence-corrected chi connectivity index (χ3v) is 4.13. The number of hydrogen-bond donors (Lipinski definition) is 1. The lowest BCUT2D eigenvalue weighted by Gasteiger charge is -2.21. The van der Waals surface area contributed by atoms with E-state index in [-0.39, 0.29) is 0 Å². The minimum Gasteiger partial charge on any atom is -0.495 e. The maximum Gasteiger partial charge on any atom is 0.143 e. The third-order valence-electron chi connectivity index (χ3n) is 4.13. The predicted octanol–water partition coefficient (Wildman–Crippen LogP) is 2.70. The highest BCUT2D eigenvalue weighted by Crippen LogP contribution is 2.39. The molecule has 1 N–H and O–H groups in total. The van der Waals surface area contributed by atoms with E-state index in [2.05, 4.69) is 42.9 Å². The molecule has 3 heteroatoms. The lowest BCUT2D eigenvalue weighted by Crippen LogP contribution is -2.27. The maximum atomic E-state index is 5.54. The van der Waals surface area contributed by atoms with Gasteiger partial charge in [0.25, 0.3) is 0 Å². The van der Waals surface area contributed by atoms with Crippen molar-refractivity contribution >= 4 is 10.9 Å². The lowest BCUT2D eigenvalue weighted by atomic mass is 9.93. The summed E-state index contributed by atoms with van der Waals surface area (Å²) in [5.41, 5.74) is 5.48. The minimum absolute atomic E-state index is 0.559. The molecule has 18 heavy (non-hydrogen) atoms. The molecule has 2 heterocycles. The van der Waals surface area contributed by atoms with Gasteiger partial charge in [-0.3, -0.25) is 0 Å². The van der Waals surface area contributed by atoms with Crippen LogP contribution in [0.1, 0.15) is 29.7 Å². The van der Waals surface area contributed by atoms with Crippen molar-refractivity contribution in [1.82, 2.24) is 9.88 Å². The summed E-state index contributed by atoms with van der Waals surface area (Å²) in [6.45, 7) is 6.50. The molecule has 0 saturated heterocycles. The van der Waals surface area contributed by atoms with Crippen LogP contribution in [0.5, 0.6) is 5.75 Å². The van der Waals surface area contributed by atoms with Gasteiger partial charge in [-0.05, 0) is 30.0 Å². The molecule has 3 rings (SSSR count). The first-order chi connectivity index (χ1) is 8.65. The molecule has 1 aliphatic heterocycles. The fourth-order valence-electron chi connectivity index (χ4n) is 3.22. The zero-order valence-corrected chi connectivity index (χ0v) is 11.5. The normalized spacial score (nSPS) is 19.0. The first kappa shape index (κ1) is 11.6. The number of hydrogen-bond acceptors (Lipinski definition) is 2. The fourth-order valence-corrected chi connectivity index (χ4v) is 3.22. The minimum atomic E-state index is 0.559. The highest BCUT2D eigenvalue weighted by Gasteiger charge is 2.25. The molecule has 1 atom stereocenters. The Kier molecular flexibility index (Phi) is 2.59. The molecule has 0 bridgehead atoms.